The zero-order chi connectivity index (χ0) is 15.8. The Morgan fingerprint density at radius 1 is 1.30 bits per heavy atom. The van der Waals surface area contributed by atoms with Crippen LogP contribution in [0.15, 0.2) is 29.3 Å². The summed E-state index contributed by atoms with van der Waals surface area (Å²) in [6.45, 7) is 3.88. The highest BCUT2D eigenvalue weighted by atomic mass is 127. The summed E-state index contributed by atoms with van der Waals surface area (Å²) in [5.41, 5.74) is 0.322. The second-order valence-corrected chi connectivity index (χ2v) is 5.93. The van der Waals surface area contributed by atoms with Gasteiger partial charge in [0.2, 0.25) is 0 Å². The molecule has 0 aromatic heterocycles. The topological polar surface area (TPSA) is 56.7 Å². The maximum absolute atomic E-state index is 13.1. The highest BCUT2D eigenvalue weighted by molar-refractivity contribution is 14.0. The molecular weight excluding hydrogens is 408 g/mol. The van der Waals surface area contributed by atoms with Crippen LogP contribution in [0, 0.1) is 5.82 Å². The molecular formula is C17H27FIN3O. The lowest BCUT2D eigenvalue weighted by atomic mass is 10.0. The number of aliphatic imine (C=N–C) groups is 1. The van der Waals surface area contributed by atoms with E-state index in [1.165, 1.54) is 6.07 Å². The number of halogens is 2. The molecule has 1 saturated carbocycles. The molecule has 130 valence electrons. The number of aliphatic hydroxyl groups is 1. The van der Waals surface area contributed by atoms with Crippen LogP contribution in [-0.4, -0.2) is 36.3 Å². The largest absolute Gasteiger partial charge is 0.388 e. The highest BCUT2D eigenvalue weighted by Gasteiger charge is 2.30. The van der Waals surface area contributed by atoms with Gasteiger partial charge in [-0.25, -0.2) is 4.39 Å². The molecule has 2 rings (SSSR count). The van der Waals surface area contributed by atoms with Crippen LogP contribution in [0.25, 0.3) is 0 Å². The van der Waals surface area contributed by atoms with Gasteiger partial charge in [-0.15, -0.1) is 24.0 Å². The van der Waals surface area contributed by atoms with Gasteiger partial charge in [0, 0.05) is 13.1 Å². The Labute approximate surface area is 155 Å². The minimum atomic E-state index is -0.634. The number of hydrogen-bond donors (Lipinski definition) is 3. The average Bonchev–Trinajstić information content (AvgIpc) is 2.92. The Balaban J connectivity index is 0.00000264. The van der Waals surface area contributed by atoms with Crippen molar-refractivity contribution >= 4 is 29.9 Å². The molecule has 23 heavy (non-hydrogen) atoms. The molecule has 1 aliphatic carbocycles. The van der Waals surface area contributed by atoms with Crippen LogP contribution in [0.4, 0.5) is 4.39 Å². The van der Waals surface area contributed by atoms with Crippen molar-refractivity contribution in [1.82, 2.24) is 10.6 Å². The first-order chi connectivity index (χ1) is 10.6. The Kier molecular flexibility index (Phi) is 8.83. The van der Waals surface area contributed by atoms with Crippen LogP contribution < -0.4 is 10.6 Å². The molecule has 0 saturated heterocycles. The van der Waals surface area contributed by atoms with Crippen molar-refractivity contribution in [3.63, 3.8) is 0 Å². The SMILES string of the molecule is CCNC(=NCC1(O)CCCC1)NCCc1cccc(F)c1.I. The zero-order valence-corrected chi connectivity index (χ0v) is 16.0. The number of nitrogens with one attached hydrogen (secondary N) is 2. The maximum Gasteiger partial charge on any atom is 0.191 e. The second-order valence-electron chi connectivity index (χ2n) is 5.93. The molecule has 6 heteroatoms. The van der Waals surface area contributed by atoms with E-state index in [9.17, 15) is 9.50 Å². The van der Waals surface area contributed by atoms with Gasteiger partial charge in [0.1, 0.15) is 5.82 Å². The van der Waals surface area contributed by atoms with Crippen molar-refractivity contribution in [2.24, 2.45) is 4.99 Å². The Bertz CT molecular complexity index is 504. The third kappa shape index (κ3) is 7.03. The molecule has 4 nitrogen and oxygen atoms in total. The van der Waals surface area contributed by atoms with Crippen LogP contribution in [0.5, 0.6) is 0 Å². The van der Waals surface area contributed by atoms with E-state index in [2.05, 4.69) is 15.6 Å². The fraction of sp³-hybridized carbons (Fsp3) is 0.588. The van der Waals surface area contributed by atoms with E-state index >= 15 is 0 Å². The standard InChI is InChI=1S/C17H26FN3O.HI/c1-2-19-16(21-13-17(22)9-3-4-10-17)20-11-8-14-6-5-7-15(18)12-14;/h5-7,12,22H,2-4,8-11,13H2,1H3,(H2,19,20,21);1H. The third-order valence-corrected chi connectivity index (χ3v) is 4.01. The van der Waals surface area contributed by atoms with Crippen molar-refractivity contribution in [2.75, 3.05) is 19.6 Å². The first kappa shape index (κ1) is 20.2. The summed E-state index contributed by atoms with van der Waals surface area (Å²) in [6, 6.07) is 6.63. The molecule has 0 unspecified atom stereocenters. The summed E-state index contributed by atoms with van der Waals surface area (Å²) >= 11 is 0. The summed E-state index contributed by atoms with van der Waals surface area (Å²) in [7, 11) is 0. The van der Waals surface area contributed by atoms with Gasteiger partial charge in [0.15, 0.2) is 5.96 Å². The smallest absolute Gasteiger partial charge is 0.191 e. The molecule has 0 aliphatic heterocycles. The quantitative estimate of drug-likeness (QED) is 0.366. The molecule has 1 aromatic carbocycles. The third-order valence-electron chi connectivity index (χ3n) is 4.01. The molecule has 0 atom stereocenters. The van der Waals surface area contributed by atoms with Crippen LogP contribution in [0.1, 0.15) is 38.2 Å². The van der Waals surface area contributed by atoms with Gasteiger partial charge in [-0.05, 0) is 43.9 Å². The van der Waals surface area contributed by atoms with Gasteiger partial charge in [-0.3, -0.25) is 4.99 Å². The number of hydrogen-bond acceptors (Lipinski definition) is 2. The summed E-state index contributed by atoms with van der Waals surface area (Å²) in [5.74, 6) is 0.501. The van der Waals surface area contributed by atoms with E-state index < -0.39 is 5.60 Å². The number of guanidine groups is 1. The predicted molar refractivity (Wildman–Crippen MR) is 103 cm³/mol. The Hall–Kier alpha value is -0.890. The van der Waals surface area contributed by atoms with Gasteiger partial charge in [0.25, 0.3) is 0 Å². The van der Waals surface area contributed by atoms with E-state index in [0.29, 0.717) is 19.0 Å². The van der Waals surface area contributed by atoms with Crippen LogP contribution in [-0.2, 0) is 6.42 Å². The molecule has 1 aromatic rings. The van der Waals surface area contributed by atoms with Crippen LogP contribution in [0.2, 0.25) is 0 Å². The molecule has 0 heterocycles. The highest BCUT2D eigenvalue weighted by Crippen LogP contribution is 2.29. The number of nitrogens with zero attached hydrogens (tertiary/aromatic N) is 1. The zero-order valence-electron chi connectivity index (χ0n) is 13.6. The fourth-order valence-corrected chi connectivity index (χ4v) is 2.78. The van der Waals surface area contributed by atoms with E-state index in [4.69, 9.17) is 0 Å². The minimum Gasteiger partial charge on any atom is -0.388 e. The van der Waals surface area contributed by atoms with Gasteiger partial charge >= 0.3 is 0 Å². The van der Waals surface area contributed by atoms with Gasteiger partial charge in [0.05, 0.1) is 12.1 Å². The molecule has 0 amide bonds. The summed E-state index contributed by atoms with van der Waals surface area (Å²) in [6.07, 6.45) is 4.55. The summed E-state index contributed by atoms with van der Waals surface area (Å²) in [4.78, 5) is 4.49. The van der Waals surface area contributed by atoms with Gasteiger partial charge < -0.3 is 15.7 Å². The maximum atomic E-state index is 13.1. The molecule has 3 N–H and O–H groups in total. The van der Waals surface area contributed by atoms with Gasteiger partial charge in [-0.2, -0.15) is 0 Å². The number of rotatable bonds is 6. The average molecular weight is 435 g/mol. The normalized spacial score (nSPS) is 16.7. The number of benzene rings is 1. The van der Waals surface area contributed by atoms with E-state index in [1.54, 1.807) is 12.1 Å². The second kappa shape index (κ2) is 10.1. The van der Waals surface area contributed by atoms with Gasteiger partial charge in [-0.1, -0.05) is 25.0 Å². The van der Waals surface area contributed by atoms with Crippen molar-refractivity contribution in [3.05, 3.63) is 35.6 Å². The molecule has 1 fully saturated rings. The minimum absolute atomic E-state index is 0. The summed E-state index contributed by atoms with van der Waals surface area (Å²) in [5, 5.41) is 16.7. The lowest BCUT2D eigenvalue weighted by Crippen LogP contribution is -2.40. The predicted octanol–water partition coefficient (Wildman–Crippen LogP) is 2.85. The fourth-order valence-electron chi connectivity index (χ4n) is 2.78. The first-order valence-corrected chi connectivity index (χ1v) is 8.10. The lowest BCUT2D eigenvalue weighted by Gasteiger charge is -2.20. The lowest BCUT2D eigenvalue weighted by molar-refractivity contribution is 0.0574. The van der Waals surface area contributed by atoms with E-state index in [0.717, 1.165) is 44.2 Å². The molecule has 0 spiro atoms. The Morgan fingerprint density at radius 3 is 2.70 bits per heavy atom. The summed E-state index contributed by atoms with van der Waals surface area (Å²) < 4.78 is 13.1. The van der Waals surface area contributed by atoms with Crippen LogP contribution >= 0.6 is 24.0 Å². The van der Waals surface area contributed by atoms with Crippen molar-refractivity contribution < 1.29 is 9.50 Å². The van der Waals surface area contributed by atoms with E-state index in [1.807, 2.05) is 13.0 Å². The van der Waals surface area contributed by atoms with Crippen molar-refractivity contribution in [1.29, 1.82) is 0 Å². The Morgan fingerprint density at radius 2 is 2.04 bits per heavy atom. The van der Waals surface area contributed by atoms with Crippen LogP contribution in [0.3, 0.4) is 0 Å². The van der Waals surface area contributed by atoms with E-state index in [-0.39, 0.29) is 29.8 Å². The first-order valence-electron chi connectivity index (χ1n) is 8.10. The molecule has 1 aliphatic rings. The van der Waals surface area contributed by atoms with Crippen molar-refractivity contribution in [3.8, 4) is 0 Å². The van der Waals surface area contributed by atoms with Crippen molar-refractivity contribution in [2.45, 2.75) is 44.6 Å². The molecule has 0 radical (unpaired) electrons. The molecule has 0 bridgehead atoms. The monoisotopic (exact) mass is 435 g/mol.